The highest BCUT2D eigenvalue weighted by Crippen LogP contribution is 2.16. The molecule has 0 atom stereocenters. The third kappa shape index (κ3) is 5.74. The number of rotatable bonds is 8. The van der Waals surface area contributed by atoms with Crippen LogP contribution in [0.2, 0.25) is 0 Å². The smallest absolute Gasteiger partial charge is 0.251 e. The summed E-state index contributed by atoms with van der Waals surface area (Å²) in [6.07, 6.45) is 1.54. The molecule has 1 aromatic heterocycles. The Hall–Kier alpha value is -3.52. The average molecular weight is 413 g/mol. The van der Waals surface area contributed by atoms with Crippen molar-refractivity contribution in [3.05, 3.63) is 89.4 Å². The Morgan fingerprint density at radius 1 is 1.03 bits per heavy atom. The van der Waals surface area contributed by atoms with E-state index in [9.17, 15) is 18.4 Å². The first-order valence-corrected chi connectivity index (χ1v) is 9.25. The van der Waals surface area contributed by atoms with Crippen molar-refractivity contribution in [2.75, 3.05) is 18.9 Å². The molecular formula is C22H21F2N3O3. The zero-order valence-electron chi connectivity index (χ0n) is 16.3. The molecule has 0 fully saturated rings. The molecule has 0 radical (unpaired) electrons. The Morgan fingerprint density at radius 2 is 1.80 bits per heavy atom. The molecule has 156 valence electrons. The van der Waals surface area contributed by atoms with Crippen molar-refractivity contribution in [2.24, 2.45) is 0 Å². The summed E-state index contributed by atoms with van der Waals surface area (Å²) in [6, 6.07) is 13.4. The zero-order valence-corrected chi connectivity index (χ0v) is 16.3. The summed E-state index contributed by atoms with van der Waals surface area (Å²) in [5.74, 6) is -1.39. The van der Waals surface area contributed by atoms with Crippen LogP contribution < -0.4 is 10.6 Å². The largest absolute Gasteiger partial charge is 0.468 e. The van der Waals surface area contributed by atoms with Crippen molar-refractivity contribution in [1.82, 2.24) is 10.2 Å². The van der Waals surface area contributed by atoms with Crippen LogP contribution >= 0.6 is 0 Å². The first-order valence-electron chi connectivity index (χ1n) is 9.25. The summed E-state index contributed by atoms with van der Waals surface area (Å²) in [5.41, 5.74) is 1.19. The van der Waals surface area contributed by atoms with Crippen LogP contribution in [0, 0.1) is 11.6 Å². The van der Waals surface area contributed by atoms with E-state index in [2.05, 4.69) is 10.6 Å². The van der Waals surface area contributed by atoms with E-state index in [1.165, 1.54) is 6.26 Å². The van der Waals surface area contributed by atoms with Gasteiger partial charge in [-0.2, -0.15) is 0 Å². The maximum atomic E-state index is 13.8. The van der Waals surface area contributed by atoms with Gasteiger partial charge in [-0.15, -0.1) is 0 Å². The lowest BCUT2D eigenvalue weighted by atomic mass is 10.1. The number of furan rings is 1. The molecule has 0 bridgehead atoms. The molecular weight excluding hydrogens is 392 g/mol. The van der Waals surface area contributed by atoms with Crippen LogP contribution in [0.4, 0.5) is 14.5 Å². The molecule has 2 aromatic carbocycles. The average Bonchev–Trinajstić information content (AvgIpc) is 3.23. The predicted molar refractivity (Wildman–Crippen MR) is 108 cm³/mol. The number of halogens is 2. The Labute approximate surface area is 172 Å². The molecule has 0 spiro atoms. The third-order valence-electron chi connectivity index (χ3n) is 4.38. The van der Waals surface area contributed by atoms with Crippen molar-refractivity contribution in [2.45, 2.75) is 13.1 Å². The van der Waals surface area contributed by atoms with E-state index in [0.717, 1.165) is 23.8 Å². The number of nitrogens with one attached hydrogen (secondary N) is 2. The van der Waals surface area contributed by atoms with E-state index >= 15 is 0 Å². The van der Waals surface area contributed by atoms with Gasteiger partial charge in [0, 0.05) is 25.2 Å². The molecule has 0 aliphatic rings. The molecule has 3 rings (SSSR count). The van der Waals surface area contributed by atoms with Gasteiger partial charge < -0.3 is 15.1 Å². The minimum atomic E-state index is -0.716. The number of hydrogen-bond acceptors (Lipinski definition) is 4. The minimum Gasteiger partial charge on any atom is -0.468 e. The molecule has 0 saturated heterocycles. The summed E-state index contributed by atoms with van der Waals surface area (Å²) in [5, 5.41) is 4.96. The summed E-state index contributed by atoms with van der Waals surface area (Å²) in [4.78, 5) is 25.9. The molecule has 2 amide bonds. The molecule has 8 heteroatoms. The Morgan fingerprint density at radius 3 is 2.47 bits per heavy atom. The van der Waals surface area contributed by atoms with Crippen LogP contribution in [0.1, 0.15) is 21.7 Å². The number of benzene rings is 2. The topological polar surface area (TPSA) is 74.6 Å². The number of carbonyl (C=O) groups is 2. The minimum absolute atomic E-state index is 0.0755. The second-order valence-electron chi connectivity index (χ2n) is 6.67. The monoisotopic (exact) mass is 413 g/mol. The quantitative estimate of drug-likeness (QED) is 0.592. The highest BCUT2D eigenvalue weighted by molar-refractivity contribution is 5.94. The van der Waals surface area contributed by atoms with Crippen LogP contribution in [0.3, 0.4) is 0 Å². The van der Waals surface area contributed by atoms with Gasteiger partial charge in [0.25, 0.3) is 5.91 Å². The lowest BCUT2D eigenvalue weighted by Gasteiger charge is -2.21. The van der Waals surface area contributed by atoms with Crippen LogP contribution in [-0.2, 0) is 17.9 Å². The lowest BCUT2D eigenvalue weighted by Crippen LogP contribution is -2.32. The Bertz CT molecular complexity index is 1000. The van der Waals surface area contributed by atoms with Gasteiger partial charge in [0.05, 0.1) is 25.0 Å². The van der Waals surface area contributed by atoms with Gasteiger partial charge >= 0.3 is 0 Å². The van der Waals surface area contributed by atoms with Gasteiger partial charge in [0.2, 0.25) is 5.91 Å². The second-order valence-corrected chi connectivity index (χ2v) is 6.67. The fraction of sp³-hybridized carbons (Fsp3) is 0.182. The first-order chi connectivity index (χ1) is 14.4. The van der Waals surface area contributed by atoms with Crippen LogP contribution in [0.15, 0.2) is 65.3 Å². The van der Waals surface area contributed by atoms with Gasteiger partial charge in [0.1, 0.15) is 17.4 Å². The van der Waals surface area contributed by atoms with E-state index in [1.807, 2.05) is 0 Å². The highest BCUT2D eigenvalue weighted by atomic mass is 19.1. The molecule has 0 aliphatic carbocycles. The number of amides is 2. The molecule has 0 unspecified atom stereocenters. The summed E-state index contributed by atoms with van der Waals surface area (Å²) in [6.45, 7) is 0.644. The predicted octanol–water partition coefficient (Wildman–Crippen LogP) is 3.56. The Kier molecular flexibility index (Phi) is 6.92. The summed E-state index contributed by atoms with van der Waals surface area (Å²) < 4.78 is 32.5. The number of anilines is 1. The normalized spacial score (nSPS) is 10.8. The second kappa shape index (κ2) is 9.80. The van der Waals surface area contributed by atoms with Crippen molar-refractivity contribution >= 4 is 17.5 Å². The van der Waals surface area contributed by atoms with Gasteiger partial charge in [0.15, 0.2) is 0 Å². The van der Waals surface area contributed by atoms with Crippen LogP contribution in [0.5, 0.6) is 0 Å². The molecule has 0 saturated carbocycles. The zero-order chi connectivity index (χ0) is 21.5. The number of nitrogens with zero attached hydrogens (tertiary/aromatic N) is 1. The fourth-order valence-electron chi connectivity index (χ4n) is 2.94. The van der Waals surface area contributed by atoms with E-state index in [4.69, 9.17) is 4.42 Å². The molecule has 3 aromatic rings. The first kappa shape index (κ1) is 21.2. The number of hydrogen-bond donors (Lipinski definition) is 2. The van der Waals surface area contributed by atoms with E-state index < -0.39 is 17.5 Å². The molecule has 30 heavy (non-hydrogen) atoms. The van der Waals surface area contributed by atoms with Gasteiger partial charge in [-0.25, -0.2) is 8.78 Å². The molecule has 0 aliphatic heterocycles. The summed E-state index contributed by atoms with van der Waals surface area (Å²) >= 11 is 0. The fourth-order valence-corrected chi connectivity index (χ4v) is 2.94. The molecule has 2 N–H and O–H groups in total. The van der Waals surface area contributed by atoms with Crippen molar-refractivity contribution < 1.29 is 22.8 Å². The van der Waals surface area contributed by atoms with Gasteiger partial charge in [-0.3, -0.25) is 14.5 Å². The van der Waals surface area contributed by atoms with Gasteiger partial charge in [-0.05, 0) is 42.0 Å². The third-order valence-corrected chi connectivity index (χ3v) is 4.38. The van der Waals surface area contributed by atoms with Crippen molar-refractivity contribution in [3.63, 3.8) is 0 Å². The molecule has 6 nitrogen and oxygen atoms in total. The lowest BCUT2D eigenvalue weighted by molar-refractivity contribution is -0.117. The Balaban J connectivity index is 1.71. The van der Waals surface area contributed by atoms with Crippen molar-refractivity contribution in [3.8, 4) is 0 Å². The van der Waals surface area contributed by atoms with Gasteiger partial charge in [-0.1, -0.05) is 12.1 Å². The van der Waals surface area contributed by atoms with E-state index in [1.54, 1.807) is 48.3 Å². The van der Waals surface area contributed by atoms with E-state index in [0.29, 0.717) is 24.4 Å². The summed E-state index contributed by atoms with van der Waals surface area (Å²) in [7, 11) is 1.56. The maximum absolute atomic E-state index is 13.8. The van der Waals surface area contributed by atoms with Crippen molar-refractivity contribution in [1.29, 1.82) is 0 Å². The van der Waals surface area contributed by atoms with Crippen LogP contribution in [0.25, 0.3) is 0 Å². The SMILES string of the molecule is CNC(=O)c1ccc(CN(CC(=O)Nc2cc(F)ccc2F)Cc2ccco2)cc1. The highest BCUT2D eigenvalue weighted by Gasteiger charge is 2.16. The maximum Gasteiger partial charge on any atom is 0.251 e. The number of carbonyl (C=O) groups excluding carboxylic acids is 2. The standard InChI is InChI=1S/C22H21F2N3O3/c1-25-22(29)16-6-4-15(5-7-16)12-27(13-18-3-2-10-30-18)14-21(28)26-20-11-17(23)8-9-19(20)24/h2-11H,12-14H2,1H3,(H,25,29)(H,26,28). The van der Waals surface area contributed by atoms with Crippen LogP contribution in [-0.4, -0.2) is 30.3 Å². The molecule has 1 heterocycles. The van der Waals surface area contributed by atoms with E-state index in [-0.39, 0.29) is 18.1 Å².